The number of alkyl halides is 3. The average molecular weight is 458 g/mol. The van der Waals surface area contributed by atoms with Crippen molar-refractivity contribution in [3.63, 3.8) is 0 Å². The van der Waals surface area contributed by atoms with Gasteiger partial charge in [-0.15, -0.1) is 0 Å². The van der Waals surface area contributed by atoms with Gasteiger partial charge in [0.25, 0.3) is 0 Å². The quantitative estimate of drug-likeness (QED) is 0.447. The molecule has 0 aromatic heterocycles. The molecule has 1 fully saturated rings. The van der Waals surface area contributed by atoms with Crippen molar-refractivity contribution in [3.8, 4) is 5.75 Å². The van der Waals surface area contributed by atoms with E-state index in [1.807, 2.05) is 0 Å². The smallest absolute Gasteiger partial charge is 0.488 e. The molecule has 0 amide bonds. The number of nitrogens with one attached hydrogen (secondary N) is 1. The summed E-state index contributed by atoms with van der Waals surface area (Å²) in [5.41, 5.74) is -6.42. The van der Waals surface area contributed by atoms with E-state index in [4.69, 9.17) is 4.74 Å². The molecule has 1 aromatic rings. The van der Waals surface area contributed by atoms with Crippen LogP contribution in [0.5, 0.6) is 5.75 Å². The van der Waals surface area contributed by atoms with E-state index in [2.05, 4.69) is 8.91 Å². The first-order valence-electron chi connectivity index (χ1n) is 9.32. The van der Waals surface area contributed by atoms with Crippen LogP contribution >= 0.6 is 0 Å². The van der Waals surface area contributed by atoms with Crippen LogP contribution in [0.3, 0.4) is 0 Å². The zero-order valence-electron chi connectivity index (χ0n) is 16.3. The highest BCUT2D eigenvalue weighted by Gasteiger charge is 2.47. The van der Waals surface area contributed by atoms with Gasteiger partial charge in [0.15, 0.2) is 0 Å². The predicted molar refractivity (Wildman–Crippen MR) is 103 cm³/mol. The molecule has 1 unspecified atom stereocenters. The second-order valence-corrected chi connectivity index (χ2v) is 10.4. The van der Waals surface area contributed by atoms with Crippen LogP contribution in [-0.4, -0.2) is 36.4 Å². The lowest BCUT2D eigenvalue weighted by atomic mass is 9.96. The maximum atomic E-state index is 12.4. The normalized spacial score (nSPS) is 17.8. The van der Waals surface area contributed by atoms with Crippen molar-refractivity contribution in [2.24, 2.45) is 0 Å². The van der Waals surface area contributed by atoms with Crippen molar-refractivity contribution < 1.29 is 34.7 Å². The zero-order chi connectivity index (χ0) is 21.7. The monoisotopic (exact) mass is 457 g/mol. The van der Waals surface area contributed by atoms with Crippen LogP contribution in [0.2, 0.25) is 0 Å². The van der Waals surface area contributed by atoms with Gasteiger partial charge in [-0.1, -0.05) is 19.3 Å². The minimum atomic E-state index is -5.62. The van der Waals surface area contributed by atoms with Crippen LogP contribution in [0.15, 0.2) is 29.2 Å². The first-order valence-corrected chi connectivity index (χ1v) is 11.9. The van der Waals surface area contributed by atoms with Gasteiger partial charge in [0.2, 0.25) is 0 Å². The molecule has 1 saturated carbocycles. The van der Waals surface area contributed by atoms with E-state index in [-0.39, 0.29) is 12.5 Å². The summed E-state index contributed by atoms with van der Waals surface area (Å²) in [6, 6.07) is 6.78. The molecule has 0 saturated heterocycles. The molecule has 166 valence electrons. The Hall–Kier alpha value is -1.17. The van der Waals surface area contributed by atoms with Gasteiger partial charge in [-0.05, 0) is 51.0 Å². The van der Waals surface area contributed by atoms with Crippen molar-refractivity contribution in [1.82, 2.24) is 4.72 Å². The largest absolute Gasteiger partial charge is 0.523 e. The molecule has 0 radical (unpaired) electrons. The third kappa shape index (κ3) is 7.54. The first kappa shape index (κ1) is 24.1. The molecule has 0 spiro atoms. The van der Waals surface area contributed by atoms with Crippen LogP contribution in [0.1, 0.15) is 52.4 Å². The number of rotatable bonds is 9. The molecule has 6 nitrogen and oxygen atoms in total. The SMILES string of the molecule is CC(C)(CCOS(=O)(=O)C(F)(F)F)Oc1ccc(S(=O)NC2CCCCC2)cc1. The maximum absolute atomic E-state index is 12.4. The molecule has 0 aliphatic heterocycles. The van der Waals surface area contributed by atoms with Gasteiger partial charge in [-0.3, -0.25) is 4.18 Å². The summed E-state index contributed by atoms with van der Waals surface area (Å²) in [7, 11) is -6.95. The Bertz CT molecular complexity index is 789. The molecule has 1 aliphatic carbocycles. The number of halogens is 3. The van der Waals surface area contributed by atoms with Gasteiger partial charge in [0.05, 0.1) is 11.5 Å². The van der Waals surface area contributed by atoms with Gasteiger partial charge in [0, 0.05) is 12.5 Å². The number of hydrogen-bond acceptors (Lipinski definition) is 5. The number of benzene rings is 1. The lowest BCUT2D eigenvalue weighted by Crippen LogP contribution is -2.33. The van der Waals surface area contributed by atoms with Gasteiger partial charge >= 0.3 is 15.6 Å². The topological polar surface area (TPSA) is 81.7 Å². The summed E-state index contributed by atoms with van der Waals surface area (Å²) < 4.78 is 83.9. The van der Waals surface area contributed by atoms with E-state index in [9.17, 15) is 25.8 Å². The molecule has 0 bridgehead atoms. The van der Waals surface area contributed by atoms with Crippen molar-refractivity contribution in [3.05, 3.63) is 24.3 Å². The minimum Gasteiger partial charge on any atom is -0.488 e. The standard InChI is InChI=1S/C18H26F3NO5S2/c1-17(2,12-13-26-29(24,25)18(19,20)21)27-15-8-10-16(11-9-15)28(23)22-14-6-4-3-5-7-14/h8-11,14,22H,3-7,12-13H2,1-2H3. The predicted octanol–water partition coefficient (Wildman–Crippen LogP) is 4.05. The molecular weight excluding hydrogens is 431 g/mol. The fourth-order valence-electron chi connectivity index (χ4n) is 2.91. The summed E-state index contributed by atoms with van der Waals surface area (Å²) in [4.78, 5) is 0.598. The third-order valence-electron chi connectivity index (χ3n) is 4.54. The summed E-state index contributed by atoms with van der Waals surface area (Å²) in [6.45, 7) is 2.54. The second kappa shape index (κ2) is 9.76. The fraction of sp³-hybridized carbons (Fsp3) is 0.667. The van der Waals surface area contributed by atoms with Crippen LogP contribution in [0, 0.1) is 0 Å². The van der Waals surface area contributed by atoms with Gasteiger partial charge in [-0.25, -0.2) is 8.93 Å². The Morgan fingerprint density at radius 1 is 1.10 bits per heavy atom. The highest BCUT2D eigenvalue weighted by atomic mass is 32.2. The molecule has 11 heteroatoms. The van der Waals surface area contributed by atoms with Crippen LogP contribution in [0.4, 0.5) is 13.2 Å². The Labute approximate surface area is 171 Å². The summed E-state index contributed by atoms with van der Waals surface area (Å²) in [6.07, 6.45) is 5.40. The summed E-state index contributed by atoms with van der Waals surface area (Å²) in [5.74, 6) is 0.423. The Balaban J connectivity index is 1.86. The summed E-state index contributed by atoms with van der Waals surface area (Å²) in [5, 5.41) is 0. The van der Waals surface area contributed by atoms with Crippen LogP contribution in [-0.2, 0) is 25.3 Å². The number of ether oxygens (including phenoxy) is 1. The Morgan fingerprint density at radius 3 is 2.24 bits per heavy atom. The van der Waals surface area contributed by atoms with Crippen LogP contribution < -0.4 is 9.46 Å². The van der Waals surface area contributed by atoms with Crippen molar-refractivity contribution in [2.45, 2.75) is 74.4 Å². The molecular formula is C18H26F3NO5S2. The highest BCUT2D eigenvalue weighted by Crippen LogP contribution is 2.27. The minimum absolute atomic E-state index is 0.0841. The van der Waals surface area contributed by atoms with Crippen molar-refractivity contribution >= 4 is 21.1 Å². The first-order chi connectivity index (χ1) is 13.4. The molecule has 1 aromatic carbocycles. The van der Waals surface area contributed by atoms with Crippen molar-refractivity contribution in [1.29, 1.82) is 0 Å². The van der Waals surface area contributed by atoms with Gasteiger partial charge in [-0.2, -0.15) is 21.6 Å². The Morgan fingerprint density at radius 2 is 1.69 bits per heavy atom. The van der Waals surface area contributed by atoms with E-state index >= 15 is 0 Å². The molecule has 1 aliphatic rings. The van der Waals surface area contributed by atoms with Gasteiger partial charge < -0.3 is 4.74 Å². The lowest BCUT2D eigenvalue weighted by Gasteiger charge is -2.26. The molecule has 2 rings (SSSR count). The van der Waals surface area contributed by atoms with E-state index in [1.165, 1.54) is 6.42 Å². The average Bonchev–Trinajstić information content (AvgIpc) is 2.61. The fourth-order valence-corrected chi connectivity index (χ4v) is 4.40. The van der Waals surface area contributed by atoms with Crippen LogP contribution in [0.25, 0.3) is 0 Å². The number of hydrogen-bond donors (Lipinski definition) is 1. The van der Waals surface area contributed by atoms with E-state index in [0.29, 0.717) is 10.6 Å². The summed E-state index contributed by atoms with van der Waals surface area (Å²) >= 11 is 0. The van der Waals surface area contributed by atoms with Crippen molar-refractivity contribution in [2.75, 3.05) is 6.61 Å². The molecule has 29 heavy (non-hydrogen) atoms. The van der Waals surface area contributed by atoms with Gasteiger partial charge in [0.1, 0.15) is 22.3 Å². The molecule has 1 atom stereocenters. The van der Waals surface area contributed by atoms with E-state index in [0.717, 1.165) is 25.7 Å². The highest BCUT2D eigenvalue weighted by molar-refractivity contribution is 7.87. The second-order valence-electron chi connectivity index (χ2n) is 7.53. The van der Waals surface area contributed by atoms with E-state index < -0.39 is 38.8 Å². The third-order valence-corrected chi connectivity index (χ3v) is 6.83. The molecule has 1 N–H and O–H groups in total. The maximum Gasteiger partial charge on any atom is 0.523 e. The lowest BCUT2D eigenvalue weighted by molar-refractivity contribution is -0.0553. The zero-order valence-corrected chi connectivity index (χ0v) is 18.0. The Kier molecular flexibility index (Phi) is 8.11. The van der Waals surface area contributed by atoms with E-state index in [1.54, 1.807) is 38.1 Å². The molecule has 0 heterocycles.